The molecule has 0 radical (unpaired) electrons. The Hall–Kier alpha value is -1.39. The highest BCUT2D eigenvalue weighted by atomic mass is 35.5. The molecule has 1 aromatic carbocycles. The topological polar surface area (TPSA) is 51.0 Å². The Labute approximate surface area is 123 Å². The van der Waals surface area contributed by atoms with Crippen molar-refractivity contribution in [3.63, 3.8) is 0 Å². The van der Waals surface area contributed by atoms with Gasteiger partial charge in [0.05, 0.1) is 6.04 Å². The first kappa shape index (κ1) is 13.6. The molecule has 0 amide bonds. The van der Waals surface area contributed by atoms with E-state index in [4.69, 9.17) is 16.1 Å². The molecule has 1 unspecified atom stereocenters. The van der Waals surface area contributed by atoms with Crippen LogP contribution in [0.4, 0.5) is 0 Å². The van der Waals surface area contributed by atoms with Crippen LogP contribution in [0.15, 0.2) is 22.7 Å². The predicted molar refractivity (Wildman–Crippen MR) is 78.7 cm³/mol. The molecule has 2 aromatic rings. The van der Waals surface area contributed by atoms with Crippen LogP contribution in [0.5, 0.6) is 0 Å². The Kier molecular flexibility index (Phi) is 4.03. The van der Waals surface area contributed by atoms with Crippen LogP contribution in [0.1, 0.15) is 43.1 Å². The standard InChI is InChI=1S/C15H18ClN3O/c1-10-9-11(6-7-12(10)16)15-18-14(19-20-15)13-5-3-2-4-8-17-13/h6-7,9,13,17H,2-5,8H2,1H3. The molecule has 0 bridgehead atoms. The highest BCUT2D eigenvalue weighted by Crippen LogP contribution is 2.26. The fraction of sp³-hybridized carbons (Fsp3) is 0.467. The molecule has 1 aromatic heterocycles. The van der Waals surface area contributed by atoms with Crippen LogP contribution in [0.25, 0.3) is 11.5 Å². The zero-order chi connectivity index (χ0) is 13.9. The van der Waals surface area contributed by atoms with Crippen molar-refractivity contribution in [3.8, 4) is 11.5 Å². The third kappa shape index (κ3) is 2.86. The van der Waals surface area contributed by atoms with Crippen LogP contribution in [0, 0.1) is 6.92 Å². The highest BCUT2D eigenvalue weighted by Gasteiger charge is 2.20. The minimum Gasteiger partial charge on any atom is -0.334 e. The molecule has 1 aliphatic rings. The van der Waals surface area contributed by atoms with Gasteiger partial charge in [0.15, 0.2) is 5.82 Å². The lowest BCUT2D eigenvalue weighted by Gasteiger charge is -2.09. The largest absolute Gasteiger partial charge is 0.334 e. The van der Waals surface area contributed by atoms with E-state index in [-0.39, 0.29) is 6.04 Å². The van der Waals surface area contributed by atoms with Crippen molar-refractivity contribution in [3.05, 3.63) is 34.6 Å². The maximum absolute atomic E-state index is 6.04. The molecule has 0 aliphatic carbocycles. The quantitative estimate of drug-likeness (QED) is 0.911. The van der Waals surface area contributed by atoms with Gasteiger partial charge >= 0.3 is 0 Å². The van der Waals surface area contributed by atoms with E-state index in [1.807, 2.05) is 25.1 Å². The van der Waals surface area contributed by atoms with Gasteiger partial charge in [0.2, 0.25) is 0 Å². The van der Waals surface area contributed by atoms with Gasteiger partial charge in [0.25, 0.3) is 5.89 Å². The van der Waals surface area contributed by atoms with E-state index in [2.05, 4.69) is 15.5 Å². The van der Waals surface area contributed by atoms with E-state index in [0.717, 1.165) is 34.9 Å². The summed E-state index contributed by atoms with van der Waals surface area (Å²) in [4.78, 5) is 4.53. The van der Waals surface area contributed by atoms with Gasteiger partial charge < -0.3 is 9.84 Å². The van der Waals surface area contributed by atoms with E-state index < -0.39 is 0 Å². The van der Waals surface area contributed by atoms with Crippen molar-refractivity contribution in [2.24, 2.45) is 0 Å². The van der Waals surface area contributed by atoms with Gasteiger partial charge in [-0.3, -0.25) is 0 Å². The number of hydrogen-bond acceptors (Lipinski definition) is 4. The summed E-state index contributed by atoms with van der Waals surface area (Å²) in [5, 5.41) is 8.35. The Morgan fingerprint density at radius 1 is 1.30 bits per heavy atom. The Morgan fingerprint density at radius 2 is 2.20 bits per heavy atom. The first-order valence-corrected chi connectivity index (χ1v) is 7.45. The monoisotopic (exact) mass is 291 g/mol. The first-order chi connectivity index (χ1) is 9.74. The molecule has 1 N–H and O–H groups in total. The zero-order valence-electron chi connectivity index (χ0n) is 11.5. The average molecular weight is 292 g/mol. The molecule has 3 rings (SSSR count). The number of halogens is 1. The summed E-state index contributed by atoms with van der Waals surface area (Å²) in [6, 6.07) is 5.95. The maximum atomic E-state index is 6.04. The molecule has 2 heterocycles. The number of rotatable bonds is 2. The lowest BCUT2D eigenvalue weighted by atomic mass is 10.1. The van der Waals surface area contributed by atoms with E-state index in [1.165, 1.54) is 19.3 Å². The molecule has 20 heavy (non-hydrogen) atoms. The predicted octanol–water partition coefficient (Wildman–Crippen LogP) is 3.90. The molecule has 4 nitrogen and oxygen atoms in total. The second-order valence-electron chi connectivity index (χ2n) is 5.28. The van der Waals surface area contributed by atoms with Crippen LogP contribution in [0.3, 0.4) is 0 Å². The summed E-state index contributed by atoms with van der Waals surface area (Å²) in [5.74, 6) is 1.32. The molecule has 0 saturated carbocycles. The van der Waals surface area contributed by atoms with E-state index in [0.29, 0.717) is 5.89 Å². The van der Waals surface area contributed by atoms with E-state index in [9.17, 15) is 0 Å². The number of nitrogens with zero attached hydrogens (tertiary/aromatic N) is 2. The van der Waals surface area contributed by atoms with Crippen LogP contribution < -0.4 is 5.32 Å². The van der Waals surface area contributed by atoms with Crippen molar-refractivity contribution in [1.29, 1.82) is 0 Å². The third-order valence-electron chi connectivity index (χ3n) is 3.72. The average Bonchev–Trinajstić information content (AvgIpc) is 2.78. The summed E-state index contributed by atoms with van der Waals surface area (Å²) >= 11 is 6.04. The van der Waals surface area contributed by atoms with Gasteiger partial charge in [-0.1, -0.05) is 29.6 Å². The first-order valence-electron chi connectivity index (χ1n) is 7.07. The second-order valence-corrected chi connectivity index (χ2v) is 5.68. The summed E-state index contributed by atoms with van der Waals surface area (Å²) in [5.41, 5.74) is 1.93. The van der Waals surface area contributed by atoms with Crippen molar-refractivity contribution in [2.75, 3.05) is 6.54 Å². The van der Waals surface area contributed by atoms with E-state index in [1.54, 1.807) is 0 Å². The van der Waals surface area contributed by atoms with Gasteiger partial charge in [-0.05, 0) is 50.1 Å². The van der Waals surface area contributed by atoms with Gasteiger partial charge in [-0.2, -0.15) is 4.98 Å². The number of nitrogens with one attached hydrogen (secondary N) is 1. The molecule has 1 atom stereocenters. The van der Waals surface area contributed by atoms with Gasteiger partial charge in [0.1, 0.15) is 0 Å². The minimum absolute atomic E-state index is 0.211. The lowest BCUT2D eigenvalue weighted by Crippen LogP contribution is -2.21. The van der Waals surface area contributed by atoms with Gasteiger partial charge in [-0.25, -0.2) is 0 Å². The fourth-order valence-electron chi connectivity index (χ4n) is 2.52. The Bertz CT molecular complexity index is 589. The van der Waals surface area contributed by atoms with Crippen molar-refractivity contribution in [2.45, 2.75) is 38.6 Å². The SMILES string of the molecule is Cc1cc(-c2nc(C3CCCCCN3)no2)ccc1Cl. The van der Waals surface area contributed by atoms with Crippen LogP contribution in [-0.4, -0.2) is 16.7 Å². The van der Waals surface area contributed by atoms with Crippen molar-refractivity contribution >= 4 is 11.6 Å². The van der Waals surface area contributed by atoms with Crippen LogP contribution in [-0.2, 0) is 0 Å². The smallest absolute Gasteiger partial charge is 0.257 e. The van der Waals surface area contributed by atoms with Gasteiger partial charge in [-0.15, -0.1) is 0 Å². The minimum atomic E-state index is 0.211. The van der Waals surface area contributed by atoms with Crippen LogP contribution >= 0.6 is 11.6 Å². The molecule has 106 valence electrons. The van der Waals surface area contributed by atoms with Gasteiger partial charge in [0, 0.05) is 10.6 Å². The molecule has 1 aliphatic heterocycles. The normalized spacial score (nSPS) is 19.8. The summed E-state index contributed by atoms with van der Waals surface area (Å²) in [6.07, 6.45) is 4.77. The number of aromatic nitrogens is 2. The third-order valence-corrected chi connectivity index (χ3v) is 4.14. The second kappa shape index (κ2) is 5.94. The molecular weight excluding hydrogens is 274 g/mol. The molecule has 5 heteroatoms. The molecule has 1 fully saturated rings. The van der Waals surface area contributed by atoms with Crippen molar-refractivity contribution in [1.82, 2.24) is 15.5 Å². The summed E-state index contributed by atoms with van der Waals surface area (Å²) < 4.78 is 5.40. The fourth-order valence-corrected chi connectivity index (χ4v) is 2.64. The molecular formula is C15H18ClN3O. The molecule has 1 saturated heterocycles. The number of aryl methyl sites for hydroxylation is 1. The highest BCUT2D eigenvalue weighted by molar-refractivity contribution is 6.31. The maximum Gasteiger partial charge on any atom is 0.257 e. The number of benzene rings is 1. The Morgan fingerprint density at radius 3 is 3.05 bits per heavy atom. The van der Waals surface area contributed by atoms with Crippen molar-refractivity contribution < 1.29 is 4.52 Å². The van der Waals surface area contributed by atoms with Crippen LogP contribution in [0.2, 0.25) is 5.02 Å². The van der Waals surface area contributed by atoms with E-state index >= 15 is 0 Å². The summed E-state index contributed by atoms with van der Waals surface area (Å²) in [6.45, 7) is 2.99. The Balaban J connectivity index is 1.83. The zero-order valence-corrected chi connectivity index (χ0v) is 12.3. The summed E-state index contributed by atoms with van der Waals surface area (Å²) in [7, 11) is 0. The number of hydrogen-bond donors (Lipinski definition) is 1. The lowest BCUT2D eigenvalue weighted by molar-refractivity contribution is 0.402. The molecule has 0 spiro atoms.